The molecule has 0 radical (unpaired) electrons. The van der Waals surface area contributed by atoms with Crippen LogP contribution in [0.1, 0.15) is 5.69 Å². The van der Waals surface area contributed by atoms with Crippen LogP contribution in [0.4, 0.5) is 0 Å². The van der Waals surface area contributed by atoms with E-state index < -0.39 is 0 Å². The molecule has 0 saturated carbocycles. The Morgan fingerprint density at radius 1 is 0.885 bits per heavy atom. The van der Waals surface area contributed by atoms with Crippen molar-refractivity contribution in [2.45, 2.75) is 6.61 Å². The van der Waals surface area contributed by atoms with E-state index in [4.69, 9.17) is 14.6 Å². The zero-order chi connectivity index (χ0) is 17.9. The van der Waals surface area contributed by atoms with Crippen LogP contribution in [0, 0.1) is 0 Å². The molecule has 130 valence electrons. The lowest BCUT2D eigenvalue weighted by Gasteiger charge is -2.06. The summed E-state index contributed by atoms with van der Waals surface area (Å²) < 4.78 is 12.5. The van der Waals surface area contributed by atoms with Gasteiger partial charge < -0.3 is 9.47 Å². The lowest BCUT2D eigenvalue weighted by atomic mass is 10.1. The Hall–Kier alpha value is -3.18. The number of fused-ring (bicyclic) bond motifs is 1. The molecule has 0 bridgehead atoms. The second-order valence-electron chi connectivity index (χ2n) is 5.91. The molecule has 26 heavy (non-hydrogen) atoms. The molecule has 0 spiro atoms. The standard InChI is InChI=1S/C21H19N3O2/c1-25-14-18-20(16-8-10-17(26-2)11-9-16)21-22-13-12-19(24(21)23-18)15-6-4-3-5-7-15/h3-13H,14H2,1-2H3. The van der Waals surface area contributed by atoms with E-state index in [2.05, 4.69) is 17.1 Å². The molecule has 2 aromatic heterocycles. The first-order valence-electron chi connectivity index (χ1n) is 8.37. The molecule has 5 nitrogen and oxygen atoms in total. The molecule has 2 heterocycles. The highest BCUT2D eigenvalue weighted by Gasteiger charge is 2.18. The number of rotatable bonds is 5. The van der Waals surface area contributed by atoms with E-state index in [1.54, 1.807) is 14.2 Å². The quantitative estimate of drug-likeness (QED) is 0.543. The Morgan fingerprint density at radius 3 is 2.35 bits per heavy atom. The lowest BCUT2D eigenvalue weighted by molar-refractivity contribution is 0.181. The number of methoxy groups -OCH3 is 2. The Bertz CT molecular complexity index is 1020. The number of nitrogens with zero attached hydrogens (tertiary/aromatic N) is 3. The van der Waals surface area contributed by atoms with Gasteiger partial charge in [-0.05, 0) is 23.8 Å². The first-order valence-corrected chi connectivity index (χ1v) is 8.37. The van der Waals surface area contributed by atoms with Crippen molar-refractivity contribution in [3.8, 4) is 28.1 Å². The summed E-state index contributed by atoms with van der Waals surface area (Å²) in [4.78, 5) is 4.60. The molecule has 0 fully saturated rings. The fourth-order valence-electron chi connectivity index (χ4n) is 3.11. The van der Waals surface area contributed by atoms with Crippen molar-refractivity contribution in [3.63, 3.8) is 0 Å². The maximum Gasteiger partial charge on any atom is 0.163 e. The van der Waals surface area contributed by atoms with Crippen molar-refractivity contribution in [2.24, 2.45) is 0 Å². The van der Waals surface area contributed by atoms with Crippen LogP contribution in [0.3, 0.4) is 0 Å². The molecule has 0 amide bonds. The molecular weight excluding hydrogens is 326 g/mol. The third kappa shape index (κ3) is 2.82. The molecule has 0 atom stereocenters. The molecule has 2 aromatic carbocycles. The van der Waals surface area contributed by atoms with Gasteiger partial charge in [-0.25, -0.2) is 9.50 Å². The van der Waals surface area contributed by atoms with Gasteiger partial charge in [0.05, 0.1) is 30.7 Å². The van der Waals surface area contributed by atoms with Crippen molar-refractivity contribution in [3.05, 3.63) is 72.6 Å². The SMILES string of the molecule is COCc1nn2c(-c3ccccc3)ccnc2c1-c1ccc(OC)cc1. The Morgan fingerprint density at radius 2 is 1.65 bits per heavy atom. The van der Waals surface area contributed by atoms with Gasteiger partial charge in [0.25, 0.3) is 0 Å². The van der Waals surface area contributed by atoms with Crippen LogP contribution in [0.5, 0.6) is 5.75 Å². The van der Waals surface area contributed by atoms with Gasteiger partial charge in [-0.15, -0.1) is 0 Å². The minimum atomic E-state index is 0.416. The fraction of sp³-hybridized carbons (Fsp3) is 0.143. The van der Waals surface area contributed by atoms with E-state index >= 15 is 0 Å². The van der Waals surface area contributed by atoms with Crippen LogP contribution < -0.4 is 4.74 Å². The summed E-state index contributed by atoms with van der Waals surface area (Å²) in [6, 6.07) is 20.1. The number of hydrogen-bond donors (Lipinski definition) is 0. The summed E-state index contributed by atoms with van der Waals surface area (Å²) in [6.07, 6.45) is 1.82. The Balaban J connectivity index is 1.95. The first kappa shape index (κ1) is 16.3. The van der Waals surface area contributed by atoms with Crippen molar-refractivity contribution < 1.29 is 9.47 Å². The van der Waals surface area contributed by atoms with Crippen molar-refractivity contribution in [1.82, 2.24) is 14.6 Å². The van der Waals surface area contributed by atoms with Gasteiger partial charge in [0.15, 0.2) is 5.65 Å². The van der Waals surface area contributed by atoms with Gasteiger partial charge in [-0.3, -0.25) is 0 Å². The summed E-state index contributed by atoms with van der Waals surface area (Å²) in [5.41, 5.74) is 5.76. The Kier molecular flexibility index (Phi) is 4.37. The van der Waals surface area contributed by atoms with Gasteiger partial charge in [-0.2, -0.15) is 5.10 Å². The smallest absolute Gasteiger partial charge is 0.163 e. The average Bonchev–Trinajstić information content (AvgIpc) is 3.07. The van der Waals surface area contributed by atoms with E-state index in [1.165, 1.54) is 0 Å². The summed E-state index contributed by atoms with van der Waals surface area (Å²) in [5, 5.41) is 4.80. The third-order valence-electron chi connectivity index (χ3n) is 4.32. The van der Waals surface area contributed by atoms with Gasteiger partial charge in [0.2, 0.25) is 0 Å². The van der Waals surface area contributed by atoms with Gasteiger partial charge in [0, 0.05) is 18.9 Å². The predicted octanol–water partition coefficient (Wildman–Crippen LogP) is 4.22. The summed E-state index contributed by atoms with van der Waals surface area (Å²) in [6.45, 7) is 0.416. The highest BCUT2D eigenvalue weighted by molar-refractivity contribution is 5.81. The highest BCUT2D eigenvalue weighted by Crippen LogP contribution is 2.31. The molecule has 0 N–H and O–H groups in total. The molecule has 5 heteroatoms. The molecule has 0 aliphatic heterocycles. The van der Waals surface area contributed by atoms with E-state index in [9.17, 15) is 0 Å². The van der Waals surface area contributed by atoms with Gasteiger partial charge >= 0.3 is 0 Å². The predicted molar refractivity (Wildman–Crippen MR) is 101 cm³/mol. The lowest BCUT2D eigenvalue weighted by Crippen LogP contribution is -1.96. The number of aromatic nitrogens is 3. The molecule has 0 aliphatic rings. The molecule has 4 aromatic rings. The molecule has 4 rings (SSSR count). The largest absolute Gasteiger partial charge is 0.497 e. The van der Waals surface area contributed by atoms with E-state index in [0.29, 0.717) is 6.61 Å². The zero-order valence-corrected chi connectivity index (χ0v) is 14.7. The van der Waals surface area contributed by atoms with Crippen molar-refractivity contribution in [2.75, 3.05) is 14.2 Å². The number of benzene rings is 2. The van der Waals surface area contributed by atoms with Crippen molar-refractivity contribution >= 4 is 5.65 Å². The van der Waals surface area contributed by atoms with Gasteiger partial charge in [-0.1, -0.05) is 42.5 Å². The maximum atomic E-state index is 5.38. The van der Waals surface area contributed by atoms with E-state index in [0.717, 1.165) is 39.5 Å². The van der Waals surface area contributed by atoms with E-state index in [1.807, 2.05) is 59.2 Å². The van der Waals surface area contributed by atoms with Gasteiger partial charge in [0.1, 0.15) is 5.75 Å². The van der Waals surface area contributed by atoms with Crippen LogP contribution >= 0.6 is 0 Å². The molecule has 0 unspecified atom stereocenters. The monoisotopic (exact) mass is 345 g/mol. The molecule has 0 saturated heterocycles. The fourth-order valence-corrected chi connectivity index (χ4v) is 3.11. The normalized spacial score (nSPS) is 11.0. The zero-order valence-electron chi connectivity index (χ0n) is 14.7. The minimum absolute atomic E-state index is 0.416. The minimum Gasteiger partial charge on any atom is -0.497 e. The van der Waals surface area contributed by atoms with Crippen LogP contribution in [-0.2, 0) is 11.3 Å². The first-order chi connectivity index (χ1) is 12.8. The maximum absolute atomic E-state index is 5.38. The summed E-state index contributed by atoms with van der Waals surface area (Å²) in [5.74, 6) is 0.816. The number of ether oxygens (including phenoxy) is 2. The van der Waals surface area contributed by atoms with Crippen LogP contribution in [0.15, 0.2) is 66.9 Å². The summed E-state index contributed by atoms with van der Waals surface area (Å²) >= 11 is 0. The second kappa shape index (κ2) is 6.98. The highest BCUT2D eigenvalue weighted by atomic mass is 16.5. The van der Waals surface area contributed by atoms with Crippen LogP contribution in [0.25, 0.3) is 28.0 Å². The third-order valence-corrected chi connectivity index (χ3v) is 4.32. The number of hydrogen-bond acceptors (Lipinski definition) is 4. The van der Waals surface area contributed by atoms with Crippen LogP contribution in [0.2, 0.25) is 0 Å². The topological polar surface area (TPSA) is 48.7 Å². The van der Waals surface area contributed by atoms with Crippen LogP contribution in [-0.4, -0.2) is 28.8 Å². The molecule has 0 aliphatic carbocycles. The Labute approximate surface area is 151 Å². The van der Waals surface area contributed by atoms with Crippen molar-refractivity contribution in [1.29, 1.82) is 0 Å². The second-order valence-corrected chi connectivity index (χ2v) is 5.91. The molecular formula is C21H19N3O2. The average molecular weight is 345 g/mol. The van der Waals surface area contributed by atoms with E-state index in [-0.39, 0.29) is 0 Å². The summed E-state index contributed by atoms with van der Waals surface area (Å²) in [7, 11) is 3.34.